The molecule has 1 aliphatic rings. The van der Waals surface area contributed by atoms with Crippen molar-refractivity contribution in [2.24, 2.45) is 5.92 Å². The van der Waals surface area contributed by atoms with Gasteiger partial charge in [-0.05, 0) is 25.9 Å². The van der Waals surface area contributed by atoms with Gasteiger partial charge in [0.05, 0.1) is 6.07 Å². The van der Waals surface area contributed by atoms with E-state index in [4.69, 9.17) is 0 Å². The Morgan fingerprint density at radius 3 is 2.76 bits per heavy atom. The highest BCUT2D eigenvalue weighted by molar-refractivity contribution is 5.08. The molecule has 1 aliphatic heterocycles. The molecule has 1 aromatic heterocycles. The minimum atomic E-state index is -0.565. The summed E-state index contributed by atoms with van der Waals surface area (Å²) >= 11 is 0. The third kappa shape index (κ3) is 2.26. The van der Waals surface area contributed by atoms with E-state index in [1.54, 1.807) is 0 Å². The molecular formula is C11H17N3O3. The van der Waals surface area contributed by atoms with Crippen molar-refractivity contribution < 1.29 is 5.11 Å². The van der Waals surface area contributed by atoms with Gasteiger partial charge in [0.2, 0.25) is 5.88 Å². The van der Waals surface area contributed by atoms with Crippen LogP contribution in [0.1, 0.15) is 19.4 Å². The van der Waals surface area contributed by atoms with Crippen LogP contribution in [0.25, 0.3) is 0 Å². The highest BCUT2D eigenvalue weighted by atomic mass is 16.3. The van der Waals surface area contributed by atoms with Gasteiger partial charge in [-0.25, -0.2) is 4.79 Å². The molecular weight excluding hydrogens is 222 g/mol. The normalized spacial score (nSPS) is 26.0. The molecule has 0 aliphatic carbocycles. The predicted octanol–water partition coefficient (Wildman–Crippen LogP) is -0.245. The fourth-order valence-corrected chi connectivity index (χ4v) is 2.54. The van der Waals surface area contributed by atoms with Crippen LogP contribution in [0.3, 0.4) is 0 Å². The summed E-state index contributed by atoms with van der Waals surface area (Å²) in [5.74, 6) is 0.00315. The van der Waals surface area contributed by atoms with E-state index >= 15 is 0 Å². The van der Waals surface area contributed by atoms with E-state index in [-0.39, 0.29) is 17.8 Å². The van der Waals surface area contributed by atoms with Crippen molar-refractivity contribution in [3.63, 3.8) is 0 Å². The van der Waals surface area contributed by atoms with Gasteiger partial charge in [0.1, 0.15) is 0 Å². The molecule has 1 saturated heterocycles. The zero-order valence-electron chi connectivity index (χ0n) is 10.0. The molecule has 1 aromatic rings. The van der Waals surface area contributed by atoms with Gasteiger partial charge in [-0.15, -0.1) is 0 Å². The van der Waals surface area contributed by atoms with E-state index in [2.05, 4.69) is 9.88 Å². The summed E-state index contributed by atoms with van der Waals surface area (Å²) in [5, 5.41) is 9.74. The first kappa shape index (κ1) is 11.9. The molecule has 0 saturated carbocycles. The lowest BCUT2D eigenvalue weighted by molar-refractivity contribution is 0.147. The van der Waals surface area contributed by atoms with Crippen molar-refractivity contribution in [3.8, 4) is 5.88 Å². The number of nitrogens with zero attached hydrogens (tertiary/aromatic N) is 2. The largest absolute Gasteiger partial charge is 0.494 e. The predicted molar refractivity (Wildman–Crippen MR) is 63.3 cm³/mol. The number of piperidine rings is 1. The van der Waals surface area contributed by atoms with Gasteiger partial charge < -0.3 is 10.0 Å². The van der Waals surface area contributed by atoms with Crippen LogP contribution >= 0.6 is 0 Å². The molecule has 0 aromatic carbocycles. The van der Waals surface area contributed by atoms with Crippen molar-refractivity contribution in [2.75, 3.05) is 20.1 Å². The average molecular weight is 239 g/mol. The molecule has 2 rings (SSSR count). The summed E-state index contributed by atoms with van der Waals surface area (Å²) in [5.41, 5.74) is -1.10. The number of likely N-dealkylation sites (tertiary alicyclic amines) is 1. The Morgan fingerprint density at radius 2 is 2.18 bits per heavy atom. The molecule has 17 heavy (non-hydrogen) atoms. The summed E-state index contributed by atoms with van der Waals surface area (Å²) in [6, 6.07) is 0.988. The van der Waals surface area contributed by atoms with Crippen LogP contribution in [-0.4, -0.2) is 39.7 Å². The Labute approximate surface area is 98.5 Å². The van der Waals surface area contributed by atoms with E-state index in [0.717, 1.165) is 25.6 Å². The van der Waals surface area contributed by atoms with Gasteiger partial charge in [-0.2, -0.15) is 0 Å². The lowest BCUT2D eigenvalue weighted by Crippen LogP contribution is -2.42. The van der Waals surface area contributed by atoms with E-state index in [1.807, 2.05) is 14.0 Å². The number of hydrogen-bond acceptors (Lipinski definition) is 4. The summed E-state index contributed by atoms with van der Waals surface area (Å²) in [6.45, 7) is 3.78. The third-order valence-electron chi connectivity index (χ3n) is 3.35. The van der Waals surface area contributed by atoms with Crippen LogP contribution in [0.4, 0.5) is 0 Å². The summed E-state index contributed by atoms with van der Waals surface area (Å²) in [4.78, 5) is 27.1. The minimum Gasteiger partial charge on any atom is -0.494 e. The zero-order valence-corrected chi connectivity index (χ0v) is 10.0. The molecule has 0 amide bonds. The highest BCUT2D eigenvalue weighted by Crippen LogP contribution is 2.28. The molecule has 1 fully saturated rings. The van der Waals surface area contributed by atoms with Gasteiger partial charge in [0.15, 0.2) is 0 Å². The topological polar surface area (TPSA) is 78.3 Å². The fourth-order valence-electron chi connectivity index (χ4n) is 2.54. The Bertz CT molecular complexity index is 519. The smallest absolute Gasteiger partial charge is 0.331 e. The van der Waals surface area contributed by atoms with E-state index in [1.165, 1.54) is 4.57 Å². The standard InChI is InChI=1S/C11H17N3O3/c1-7-6-13(2)4-3-8(7)14-10(16)5-9(15)12-11(14)17/h5,7-8,16H,3-4,6H2,1-2H3,(H,12,15,17). The molecule has 6 heteroatoms. The molecule has 94 valence electrons. The van der Waals surface area contributed by atoms with Crippen LogP contribution < -0.4 is 11.2 Å². The zero-order chi connectivity index (χ0) is 12.6. The molecule has 2 N–H and O–H groups in total. The van der Waals surface area contributed by atoms with Crippen LogP contribution in [0, 0.1) is 5.92 Å². The maximum atomic E-state index is 11.7. The third-order valence-corrected chi connectivity index (χ3v) is 3.35. The van der Waals surface area contributed by atoms with E-state index in [9.17, 15) is 14.7 Å². The summed E-state index contributed by atoms with van der Waals surface area (Å²) in [6.07, 6.45) is 0.789. The number of nitrogens with one attached hydrogen (secondary N) is 1. The monoisotopic (exact) mass is 239 g/mol. The van der Waals surface area contributed by atoms with Crippen molar-refractivity contribution >= 4 is 0 Å². The van der Waals surface area contributed by atoms with Crippen molar-refractivity contribution in [1.82, 2.24) is 14.5 Å². The first-order chi connectivity index (χ1) is 7.99. The molecule has 2 atom stereocenters. The Balaban J connectivity index is 2.41. The number of rotatable bonds is 1. The number of aromatic nitrogens is 2. The lowest BCUT2D eigenvalue weighted by atomic mass is 9.94. The molecule has 2 unspecified atom stereocenters. The highest BCUT2D eigenvalue weighted by Gasteiger charge is 2.28. The van der Waals surface area contributed by atoms with Gasteiger partial charge in [-0.3, -0.25) is 14.3 Å². The minimum absolute atomic E-state index is 0.0597. The second-order valence-corrected chi connectivity index (χ2v) is 4.76. The van der Waals surface area contributed by atoms with E-state index < -0.39 is 11.2 Å². The number of H-pyrrole nitrogens is 1. The van der Waals surface area contributed by atoms with Crippen LogP contribution in [0.15, 0.2) is 15.7 Å². The van der Waals surface area contributed by atoms with Crippen LogP contribution in [0.5, 0.6) is 5.88 Å². The van der Waals surface area contributed by atoms with Crippen LogP contribution in [0.2, 0.25) is 0 Å². The van der Waals surface area contributed by atoms with Gasteiger partial charge in [-0.1, -0.05) is 6.92 Å². The molecule has 0 radical (unpaired) electrons. The van der Waals surface area contributed by atoms with Crippen molar-refractivity contribution in [1.29, 1.82) is 0 Å². The number of hydrogen-bond donors (Lipinski definition) is 2. The van der Waals surface area contributed by atoms with Crippen LogP contribution in [-0.2, 0) is 0 Å². The van der Waals surface area contributed by atoms with Gasteiger partial charge in [0.25, 0.3) is 5.56 Å². The quantitative estimate of drug-likeness (QED) is 0.708. The lowest BCUT2D eigenvalue weighted by Gasteiger charge is -2.35. The first-order valence-corrected chi connectivity index (χ1v) is 5.72. The first-order valence-electron chi connectivity index (χ1n) is 5.72. The molecule has 2 heterocycles. The SMILES string of the molecule is CC1CN(C)CCC1n1c(O)cc(=O)[nH]c1=O. The Morgan fingerprint density at radius 1 is 1.47 bits per heavy atom. The number of aromatic hydroxyl groups is 1. The molecule has 0 bridgehead atoms. The maximum absolute atomic E-state index is 11.7. The second-order valence-electron chi connectivity index (χ2n) is 4.76. The molecule has 0 spiro atoms. The summed E-state index contributed by atoms with van der Waals surface area (Å²) in [7, 11) is 2.03. The van der Waals surface area contributed by atoms with Crippen molar-refractivity contribution in [3.05, 3.63) is 26.9 Å². The summed E-state index contributed by atoms with van der Waals surface area (Å²) < 4.78 is 1.29. The average Bonchev–Trinajstić information content (AvgIpc) is 2.19. The van der Waals surface area contributed by atoms with Gasteiger partial charge >= 0.3 is 5.69 Å². The Hall–Kier alpha value is -1.56. The van der Waals surface area contributed by atoms with Gasteiger partial charge in [0, 0.05) is 12.6 Å². The second kappa shape index (κ2) is 4.37. The van der Waals surface area contributed by atoms with E-state index in [0.29, 0.717) is 0 Å². The molecule has 6 nitrogen and oxygen atoms in total. The fraction of sp³-hybridized carbons (Fsp3) is 0.636. The Kier molecular flexibility index (Phi) is 3.06. The maximum Gasteiger partial charge on any atom is 0.331 e. The van der Waals surface area contributed by atoms with Crippen molar-refractivity contribution in [2.45, 2.75) is 19.4 Å². The number of aromatic amines is 1.